The predicted octanol–water partition coefficient (Wildman–Crippen LogP) is 1.16. The molecule has 5 rings (SSSR count). The fourth-order valence-electron chi connectivity index (χ4n) is 5.84. The average molecular weight is 428 g/mol. The van der Waals surface area contributed by atoms with E-state index >= 15 is 0 Å². The van der Waals surface area contributed by atoms with E-state index in [0.717, 1.165) is 11.3 Å². The summed E-state index contributed by atoms with van der Waals surface area (Å²) in [5.41, 5.74) is -1.73. The molecule has 1 spiro atoms. The quantitative estimate of drug-likeness (QED) is 0.490. The lowest BCUT2D eigenvalue weighted by Crippen LogP contribution is -2.65. The number of fused-ring (bicyclic) bond motifs is 5. The Kier molecular flexibility index (Phi) is 4.31. The van der Waals surface area contributed by atoms with Gasteiger partial charge in [-0.3, -0.25) is 14.5 Å². The van der Waals surface area contributed by atoms with Gasteiger partial charge in [0.15, 0.2) is 5.78 Å². The molecule has 3 saturated heterocycles. The summed E-state index contributed by atoms with van der Waals surface area (Å²) in [6, 6.07) is 7.36. The first-order valence-corrected chi connectivity index (χ1v) is 10.7. The lowest BCUT2D eigenvalue weighted by atomic mass is 9.66. The molecule has 4 atom stereocenters. The van der Waals surface area contributed by atoms with Crippen molar-refractivity contribution in [2.45, 2.75) is 45.0 Å². The van der Waals surface area contributed by atoms with Gasteiger partial charge in [-0.1, -0.05) is 39.0 Å². The van der Waals surface area contributed by atoms with Crippen LogP contribution in [-0.2, 0) is 35.0 Å². The van der Waals surface area contributed by atoms with Crippen molar-refractivity contribution in [1.82, 2.24) is 4.90 Å². The summed E-state index contributed by atoms with van der Waals surface area (Å²) in [5, 5.41) is 0. The second-order valence-electron chi connectivity index (χ2n) is 9.95. The Hall–Kier alpha value is -2.45. The Morgan fingerprint density at radius 1 is 1.23 bits per heavy atom. The number of carbonyl (C=O) groups excluding carboxylic acids is 3. The molecule has 3 fully saturated rings. The average Bonchev–Trinajstić information content (AvgIpc) is 3.25. The third-order valence-corrected chi connectivity index (χ3v) is 7.21. The Bertz CT molecular complexity index is 971. The van der Waals surface area contributed by atoms with Gasteiger partial charge in [-0.25, -0.2) is 4.79 Å². The van der Waals surface area contributed by atoms with Gasteiger partial charge < -0.3 is 19.1 Å². The molecule has 8 nitrogen and oxygen atoms in total. The maximum absolute atomic E-state index is 14.3. The fourth-order valence-corrected chi connectivity index (χ4v) is 5.84. The van der Waals surface area contributed by atoms with Crippen LogP contribution in [0.5, 0.6) is 0 Å². The first-order chi connectivity index (χ1) is 14.7. The van der Waals surface area contributed by atoms with E-state index in [-0.39, 0.29) is 25.5 Å². The van der Waals surface area contributed by atoms with Gasteiger partial charge in [-0.15, -0.1) is 0 Å². The van der Waals surface area contributed by atoms with Crippen LogP contribution in [0.2, 0.25) is 0 Å². The number of hydrogen-bond donors (Lipinski definition) is 0. The Morgan fingerprint density at radius 2 is 1.97 bits per heavy atom. The zero-order valence-corrected chi connectivity index (χ0v) is 18.3. The molecule has 0 N–H and O–H groups in total. The highest BCUT2D eigenvalue weighted by molar-refractivity contribution is 6.27. The van der Waals surface area contributed by atoms with Gasteiger partial charge in [0.2, 0.25) is 11.4 Å². The summed E-state index contributed by atoms with van der Waals surface area (Å²) < 4.78 is 16.8. The highest BCUT2D eigenvalue weighted by Crippen LogP contribution is 2.55. The van der Waals surface area contributed by atoms with E-state index < -0.39 is 40.4 Å². The number of esters is 1. The van der Waals surface area contributed by atoms with Crippen molar-refractivity contribution in [2.75, 3.05) is 38.4 Å². The summed E-state index contributed by atoms with van der Waals surface area (Å²) in [6.45, 7) is 6.94. The van der Waals surface area contributed by atoms with Crippen molar-refractivity contribution in [3.8, 4) is 0 Å². The van der Waals surface area contributed by atoms with Crippen LogP contribution in [0.15, 0.2) is 24.3 Å². The topological polar surface area (TPSA) is 85.4 Å². The van der Waals surface area contributed by atoms with Gasteiger partial charge in [-0.05, 0) is 18.1 Å². The van der Waals surface area contributed by atoms with E-state index in [0.29, 0.717) is 13.2 Å². The van der Waals surface area contributed by atoms with E-state index in [9.17, 15) is 14.4 Å². The molecular weight excluding hydrogens is 400 g/mol. The molecular formula is C23H28N2O6. The summed E-state index contributed by atoms with van der Waals surface area (Å²) in [6.07, 6.45) is -0.477. The molecule has 1 amide bonds. The van der Waals surface area contributed by atoms with Crippen LogP contribution in [0.25, 0.3) is 0 Å². The van der Waals surface area contributed by atoms with Crippen LogP contribution in [0.4, 0.5) is 5.69 Å². The number of para-hydroxylation sites is 1. The van der Waals surface area contributed by atoms with E-state index in [2.05, 4.69) is 4.90 Å². The van der Waals surface area contributed by atoms with E-state index in [1.807, 2.05) is 45.0 Å². The van der Waals surface area contributed by atoms with Gasteiger partial charge >= 0.3 is 5.97 Å². The number of morpholine rings is 1. The Morgan fingerprint density at radius 3 is 2.68 bits per heavy atom. The van der Waals surface area contributed by atoms with Crippen molar-refractivity contribution in [1.29, 1.82) is 0 Å². The lowest BCUT2D eigenvalue weighted by molar-refractivity contribution is -0.160. The molecule has 4 aliphatic heterocycles. The second-order valence-corrected chi connectivity index (χ2v) is 9.95. The summed E-state index contributed by atoms with van der Waals surface area (Å²) in [5.74, 6) is -1.54. The van der Waals surface area contributed by atoms with Gasteiger partial charge in [0, 0.05) is 17.6 Å². The van der Waals surface area contributed by atoms with Crippen LogP contribution < -0.4 is 4.90 Å². The molecule has 1 aromatic carbocycles. The summed E-state index contributed by atoms with van der Waals surface area (Å²) in [7, 11) is 1.24. The first-order valence-electron chi connectivity index (χ1n) is 10.7. The fraction of sp³-hybridized carbons (Fsp3) is 0.609. The summed E-state index contributed by atoms with van der Waals surface area (Å²) in [4.78, 5) is 45.2. The third kappa shape index (κ3) is 2.40. The molecule has 0 radical (unpaired) electrons. The van der Waals surface area contributed by atoms with Gasteiger partial charge in [-0.2, -0.15) is 0 Å². The number of rotatable bonds is 1. The zero-order chi connectivity index (χ0) is 22.2. The number of hydrogen-bond acceptors (Lipinski definition) is 7. The van der Waals surface area contributed by atoms with Crippen molar-refractivity contribution >= 4 is 23.3 Å². The largest absolute Gasteiger partial charge is 0.467 e. The molecule has 1 aromatic rings. The molecule has 0 bridgehead atoms. The van der Waals surface area contributed by atoms with Crippen LogP contribution in [0.1, 0.15) is 26.3 Å². The zero-order valence-electron chi connectivity index (χ0n) is 18.3. The summed E-state index contributed by atoms with van der Waals surface area (Å²) >= 11 is 0. The molecule has 4 aliphatic rings. The van der Waals surface area contributed by atoms with Gasteiger partial charge in [0.05, 0.1) is 33.0 Å². The van der Waals surface area contributed by atoms with E-state index in [1.165, 1.54) is 12.0 Å². The maximum Gasteiger partial charge on any atom is 0.342 e. The molecule has 8 heteroatoms. The van der Waals surface area contributed by atoms with Crippen molar-refractivity contribution < 1.29 is 28.6 Å². The third-order valence-electron chi connectivity index (χ3n) is 7.21. The molecule has 0 aliphatic carbocycles. The standard InChI is InChI=1S/C23H28N2O6/c1-21(2,3)19-25-18(27)22(17(26)23(25,13-31-19)20(28)29-4)11-14-7-5-6-8-15(14)24-9-10-30-12-16(22)24/h5-8,16,19H,9-13H2,1-4H3/t16-,19-,22+,23-/m1/s1. The second kappa shape index (κ2) is 6.53. The SMILES string of the molecule is COC(=O)[C@]12CO[C@H](C(C)(C)C)N1C(=O)[C@]1(Cc3ccccc3N3CCOC[C@@H]31)C2=O. The van der Waals surface area contributed by atoms with Crippen molar-refractivity contribution in [3.63, 3.8) is 0 Å². The first kappa shape index (κ1) is 20.5. The van der Waals surface area contributed by atoms with E-state index in [4.69, 9.17) is 14.2 Å². The minimum absolute atomic E-state index is 0.191. The lowest BCUT2D eigenvalue weighted by Gasteiger charge is -2.50. The predicted molar refractivity (Wildman–Crippen MR) is 110 cm³/mol. The number of ether oxygens (including phenoxy) is 3. The van der Waals surface area contributed by atoms with Crippen LogP contribution >= 0.6 is 0 Å². The Balaban J connectivity index is 1.72. The van der Waals surface area contributed by atoms with Crippen molar-refractivity contribution in [2.24, 2.45) is 10.8 Å². The molecule has 166 valence electrons. The minimum Gasteiger partial charge on any atom is -0.467 e. The minimum atomic E-state index is -1.76. The van der Waals surface area contributed by atoms with Gasteiger partial charge in [0.1, 0.15) is 11.6 Å². The number of Topliss-reactive ketones (excluding diaryl/α,β-unsaturated/α-hetero) is 1. The number of amides is 1. The van der Waals surface area contributed by atoms with Crippen LogP contribution in [0.3, 0.4) is 0 Å². The highest BCUT2D eigenvalue weighted by Gasteiger charge is 2.78. The van der Waals surface area contributed by atoms with Gasteiger partial charge in [0.25, 0.3) is 0 Å². The monoisotopic (exact) mass is 428 g/mol. The van der Waals surface area contributed by atoms with Crippen LogP contribution in [-0.4, -0.2) is 73.8 Å². The van der Waals surface area contributed by atoms with Crippen LogP contribution in [0, 0.1) is 10.8 Å². The number of ketones is 1. The number of anilines is 1. The molecule has 4 heterocycles. The smallest absolute Gasteiger partial charge is 0.342 e. The number of nitrogens with zero attached hydrogens (tertiary/aromatic N) is 2. The number of benzene rings is 1. The molecule has 0 unspecified atom stereocenters. The molecule has 0 saturated carbocycles. The molecule has 31 heavy (non-hydrogen) atoms. The maximum atomic E-state index is 14.3. The normalized spacial score (nSPS) is 34.6. The van der Waals surface area contributed by atoms with E-state index in [1.54, 1.807) is 0 Å². The van der Waals surface area contributed by atoms with Crippen molar-refractivity contribution in [3.05, 3.63) is 29.8 Å². The Labute approximate surface area is 181 Å². The molecule has 0 aromatic heterocycles. The highest BCUT2D eigenvalue weighted by atomic mass is 16.6. The number of carbonyl (C=O) groups is 3. The number of methoxy groups -OCH3 is 1.